The fourth-order valence-electron chi connectivity index (χ4n) is 3.77. The molecule has 4 rings (SSSR count). The summed E-state index contributed by atoms with van der Waals surface area (Å²) in [6.45, 7) is 2.32. The number of ether oxygens (including phenoxy) is 2. The van der Waals surface area contributed by atoms with Crippen LogP contribution in [0.2, 0.25) is 0 Å². The zero-order valence-electron chi connectivity index (χ0n) is 22.9. The summed E-state index contributed by atoms with van der Waals surface area (Å²) in [6, 6.07) is 6.02. The van der Waals surface area contributed by atoms with Crippen LogP contribution in [0.15, 0.2) is 54.6 Å². The van der Waals surface area contributed by atoms with Crippen LogP contribution < -0.4 is 9.47 Å². The van der Waals surface area contributed by atoms with Crippen LogP contribution in [0.25, 0.3) is 0 Å². The van der Waals surface area contributed by atoms with Gasteiger partial charge in [0.15, 0.2) is 17.5 Å². The van der Waals surface area contributed by atoms with E-state index >= 15 is 0 Å². The molecule has 0 unspecified atom stereocenters. The lowest BCUT2D eigenvalue weighted by molar-refractivity contribution is -0.189. The Hall–Kier alpha value is -5.10. The molecule has 0 bridgehead atoms. The van der Waals surface area contributed by atoms with Crippen molar-refractivity contribution in [3.8, 4) is 35.2 Å². The van der Waals surface area contributed by atoms with Crippen molar-refractivity contribution in [3.63, 3.8) is 0 Å². The van der Waals surface area contributed by atoms with E-state index in [1.54, 1.807) is 0 Å². The topological polar surface area (TPSA) is 18.5 Å². The van der Waals surface area contributed by atoms with Gasteiger partial charge in [-0.15, -0.1) is 0 Å². The van der Waals surface area contributed by atoms with Crippen LogP contribution in [0.4, 0.5) is 43.9 Å². The van der Waals surface area contributed by atoms with Crippen molar-refractivity contribution in [2.45, 2.75) is 25.9 Å². The molecule has 0 saturated heterocycles. The molecule has 0 N–H and O–H groups in total. The number of benzene rings is 4. The summed E-state index contributed by atoms with van der Waals surface area (Å²) < 4.78 is 152. The van der Waals surface area contributed by atoms with Crippen LogP contribution in [0, 0.1) is 70.2 Å². The van der Waals surface area contributed by atoms with Gasteiger partial charge in [-0.1, -0.05) is 37.0 Å². The van der Waals surface area contributed by atoms with Crippen LogP contribution in [0.3, 0.4) is 0 Å². The lowest BCUT2D eigenvalue weighted by atomic mass is 10.1. The first-order chi connectivity index (χ1) is 21.3. The largest absolute Gasteiger partial charge is 0.493 e. The van der Waals surface area contributed by atoms with Gasteiger partial charge in [0.2, 0.25) is 0 Å². The van der Waals surface area contributed by atoms with Gasteiger partial charge in [-0.05, 0) is 42.8 Å². The van der Waals surface area contributed by atoms with Crippen molar-refractivity contribution in [2.24, 2.45) is 0 Å². The SMILES string of the molecule is CCCCOc1ccc(C#Cc2cc(F)c(C(F)(F)Oc3cc(F)c(C#Cc4cc(F)c(F)c(F)c4)c(F)c3)c(F)c2)c(F)c1. The Morgan fingerprint density at radius 3 is 1.69 bits per heavy atom. The van der Waals surface area contributed by atoms with Gasteiger partial charge in [0.1, 0.15) is 46.1 Å². The molecule has 0 aliphatic carbocycles. The number of rotatable bonds is 7. The second-order valence-electron chi connectivity index (χ2n) is 9.29. The van der Waals surface area contributed by atoms with E-state index in [4.69, 9.17) is 4.74 Å². The molecule has 0 aliphatic rings. The van der Waals surface area contributed by atoms with Crippen molar-refractivity contribution in [3.05, 3.63) is 129 Å². The molecule has 0 heterocycles. The van der Waals surface area contributed by atoms with Crippen molar-refractivity contribution >= 4 is 0 Å². The average molecular weight is 636 g/mol. The standard InChI is InChI=1S/C33H18F10O2/c1-2-3-10-44-21-8-7-20(24(34)15-21)6-4-18-11-27(37)31(28(38)12-18)33(42,43)45-22-16-25(35)23(26(36)17-22)9-5-19-13-29(39)32(41)30(40)14-19/h7-8,11-17H,2-3,10H2,1H3. The first kappa shape index (κ1) is 32.8. The highest BCUT2D eigenvalue weighted by molar-refractivity contribution is 5.48. The number of halogens is 10. The quantitative estimate of drug-likeness (QED) is 0.0874. The van der Waals surface area contributed by atoms with Crippen LogP contribution >= 0.6 is 0 Å². The molecule has 232 valence electrons. The molecule has 2 nitrogen and oxygen atoms in total. The summed E-state index contributed by atoms with van der Waals surface area (Å²) in [4.78, 5) is 0. The molecule has 0 fully saturated rings. The minimum absolute atomic E-state index is 0.161. The van der Waals surface area contributed by atoms with Crippen LogP contribution in [0.1, 0.15) is 47.6 Å². The van der Waals surface area contributed by atoms with Gasteiger partial charge < -0.3 is 9.47 Å². The van der Waals surface area contributed by atoms with E-state index in [2.05, 4.69) is 16.6 Å². The minimum atomic E-state index is -4.80. The summed E-state index contributed by atoms with van der Waals surface area (Å²) >= 11 is 0. The molecule has 0 saturated carbocycles. The zero-order chi connectivity index (χ0) is 32.9. The number of hydrogen-bond donors (Lipinski definition) is 0. The Labute approximate surface area is 250 Å². The summed E-state index contributed by atoms with van der Waals surface area (Å²) in [5.74, 6) is -5.05. The van der Waals surface area contributed by atoms with Crippen LogP contribution in [0.5, 0.6) is 11.5 Å². The van der Waals surface area contributed by atoms with Crippen LogP contribution in [-0.4, -0.2) is 6.61 Å². The highest BCUT2D eigenvalue weighted by Gasteiger charge is 2.41. The number of unbranched alkanes of at least 4 members (excludes halogenated alkanes) is 1. The monoisotopic (exact) mass is 636 g/mol. The van der Waals surface area contributed by atoms with Crippen molar-refractivity contribution in [1.82, 2.24) is 0 Å². The normalized spacial score (nSPS) is 10.9. The van der Waals surface area contributed by atoms with E-state index in [1.807, 2.05) is 18.8 Å². The lowest BCUT2D eigenvalue weighted by Crippen LogP contribution is -2.25. The second-order valence-corrected chi connectivity index (χ2v) is 9.29. The molecule has 12 heteroatoms. The minimum Gasteiger partial charge on any atom is -0.493 e. The first-order valence-electron chi connectivity index (χ1n) is 13.0. The number of hydrogen-bond acceptors (Lipinski definition) is 2. The molecule has 0 amide bonds. The third-order valence-electron chi connectivity index (χ3n) is 5.96. The summed E-state index contributed by atoms with van der Waals surface area (Å²) in [5, 5.41) is 0. The van der Waals surface area contributed by atoms with E-state index in [9.17, 15) is 43.9 Å². The summed E-state index contributed by atoms with van der Waals surface area (Å²) in [5.41, 5.74) is -4.03. The Kier molecular flexibility index (Phi) is 9.98. The van der Waals surface area contributed by atoms with Gasteiger partial charge in [0.25, 0.3) is 0 Å². The highest BCUT2D eigenvalue weighted by Crippen LogP contribution is 2.36. The molecule has 4 aromatic carbocycles. The van der Waals surface area contributed by atoms with Crippen molar-refractivity contribution in [2.75, 3.05) is 6.61 Å². The molecule has 0 atom stereocenters. The molecule has 0 spiro atoms. The lowest BCUT2D eigenvalue weighted by Gasteiger charge is -2.20. The third-order valence-corrected chi connectivity index (χ3v) is 5.96. The zero-order valence-corrected chi connectivity index (χ0v) is 22.9. The maximum atomic E-state index is 14.8. The van der Waals surface area contributed by atoms with Crippen molar-refractivity contribution < 1.29 is 53.4 Å². The summed E-state index contributed by atoms with van der Waals surface area (Å²) in [6.07, 6.45) is -3.18. The predicted octanol–water partition coefficient (Wildman–Crippen LogP) is 8.91. The van der Waals surface area contributed by atoms with E-state index in [1.165, 1.54) is 12.1 Å². The predicted molar refractivity (Wildman–Crippen MR) is 142 cm³/mol. The molecule has 0 aliphatic heterocycles. The van der Waals surface area contributed by atoms with Gasteiger partial charge in [-0.25, -0.2) is 35.1 Å². The smallest absolute Gasteiger partial charge is 0.432 e. The maximum absolute atomic E-state index is 14.8. The van der Waals surface area contributed by atoms with E-state index < -0.39 is 80.6 Å². The number of alkyl halides is 2. The fourth-order valence-corrected chi connectivity index (χ4v) is 3.77. The molecule has 45 heavy (non-hydrogen) atoms. The fraction of sp³-hybridized carbons (Fsp3) is 0.152. The Morgan fingerprint density at radius 1 is 0.600 bits per heavy atom. The molecular formula is C33H18F10O2. The van der Waals surface area contributed by atoms with E-state index in [0.29, 0.717) is 30.9 Å². The molecule has 0 aromatic heterocycles. The van der Waals surface area contributed by atoms with Crippen LogP contribution in [-0.2, 0) is 6.11 Å². The third kappa shape index (κ3) is 7.90. The molecular weight excluding hydrogens is 618 g/mol. The maximum Gasteiger partial charge on any atom is 0.432 e. The van der Waals surface area contributed by atoms with Gasteiger partial charge in [-0.3, -0.25) is 0 Å². The molecule has 4 aromatic rings. The summed E-state index contributed by atoms with van der Waals surface area (Å²) in [7, 11) is 0. The van der Waals surface area contributed by atoms with Gasteiger partial charge in [-0.2, -0.15) is 8.78 Å². The average Bonchev–Trinajstić information content (AvgIpc) is 2.94. The van der Waals surface area contributed by atoms with Gasteiger partial charge in [0.05, 0.1) is 17.7 Å². The highest BCUT2D eigenvalue weighted by atomic mass is 19.3. The van der Waals surface area contributed by atoms with Gasteiger partial charge >= 0.3 is 6.11 Å². The Morgan fingerprint density at radius 2 is 1.13 bits per heavy atom. The molecule has 0 radical (unpaired) electrons. The van der Waals surface area contributed by atoms with Crippen molar-refractivity contribution in [1.29, 1.82) is 0 Å². The Balaban J connectivity index is 1.54. The van der Waals surface area contributed by atoms with Gasteiger partial charge in [0, 0.05) is 29.3 Å². The first-order valence-corrected chi connectivity index (χ1v) is 13.0. The Bertz CT molecular complexity index is 1810. The van der Waals surface area contributed by atoms with E-state index in [-0.39, 0.29) is 23.4 Å². The van der Waals surface area contributed by atoms with E-state index in [0.717, 1.165) is 18.9 Å². The second kappa shape index (κ2) is 13.7.